The van der Waals surface area contributed by atoms with Crippen LogP contribution in [0.4, 0.5) is 5.13 Å². The lowest BCUT2D eigenvalue weighted by Gasteiger charge is -2.16. The quantitative estimate of drug-likeness (QED) is 0.883. The third kappa shape index (κ3) is 3.38. The fraction of sp³-hybridized carbons (Fsp3) is 0.412. The summed E-state index contributed by atoms with van der Waals surface area (Å²) in [4.78, 5) is 16.6. The summed E-state index contributed by atoms with van der Waals surface area (Å²) >= 11 is 1.41. The van der Waals surface area contributed by atoms with Crippen LogP contribution in [0, 0.1) is 5.92 Å². The Kier molecular flexibility index (Phi) is 4.63. The Bertz CT molecular complexity index is 714. The predicted octanol–water partition coefficient (Wildman–Crippen LogP) is 3.06. The predicted molar refractivity (Wildman–Crippen MR) is 92.8 cm³/mol. The second-order valence-electron chi connectivity index (χ2n) is 5.86. The molecular weight excluding hydrogens is 310 g/mol. The van der Waals surface area contributed by atoms with Crippen molar-refractivity contribution >= 4 is 22.4 Å². The van der Waals surface area contributed by atoms with Crippen molar-refractivity contribution in [1.29, 1.82) is 0 Å². The molecule has 2 atom stereocenters. The molecule has 1 aromatic carbocycles. The zero-order valence-corrected chi connectivity index (χ0v) is 14.2. The first kappa shape index (κ1) is 16.0. The normalized spacial score (nSPS) is 15.6. The van der Waals surface area contributed by atoms with E-state index >= 15 is 0 Å². The van der Waals surface area contributed by atoms with E-state index in [1.807, 2.05) is 31.4 Å². The largest absolute Gasteiger partial charge is 0.493 e. The fourth-order valence-corrected chi connectivity index (χ4v) is 3.23. The van der Waals surface area contributed by atoms with E-state index in [4.69, 9.17) is 10.5 Å². The third-order valence-electron chi connectivity index (χ3n) is 4.28. The van der Waals surface area contributed by atoms with Gasteiger partial charge in [0.15, 0.2) is 5.13 Å². The molecule has 23 heavy (non-hydrogen) atoms. The number of rotatable bonds is 5. The molecular formula is C17H21N3O2S. The highest BCUT2D eigenvalue weighted by Gasteiger charge is 2.20. The fourth-order valence-electron chi connectivity index (χ4n) is 2.51. The standard InChI is InChI=1S/C17H21N3O2S/c1-3-10(2)15(18)16(21)20-17-19-13(9-23-17)11-4-5-14-12(8-11)6-7-22-14/h4-5,8-10,15H,3,6-7,18H2,1-2H3,(H,19,20,21). The second-order valence-corrected chi connectivity index (χ2v) is 6.72. The van der Waals surface area contributed by atoms with Crippen molar-refractivity contribution in [1.82, 2.24) is 4.98 Å². The lowest BCUT2D eigenvalue weighted by molar-refractivity contribution is -0.118. The molecule has 122 valence electrons. The zero-order valence-electron chi connectivity index (χ0n) is 13.3. The van der Waals surface area contributed by atoms with E-state index in [2.05, 4.69) is 16.4 Å². The van der Waals surface area contributed by atoms with E-state index in [1.165, 1.54) is 16.9 Å². The molecule has 5 nitrogen and oxygen atoms in total. The monoisotopic (exact) mass is 331 g/mol. The van der Waals surface area contributed by atoms with Crippen LogP contribution in [-0.4, -0.2) is 23.5 Å². The minimum absolute atomic E-state index is 0.145. The van der Waals surface area contributed by atoms with E-state index in [-0.39, 0.29) is 11.8 Å². The van der Waals surface area contributed by atoms with Gasteiger partial charge in [0.2, 0.25) is 5.91 Å². The number of benzene rings is 1. The summed E-state index contributed by atoms with van der Waals surface area (Å²) in [5.74, 6) is 0.922. The number of aromatic nitrogens is 1. The summed E-state index contributed by atoms with van der Waals surface area (Å²) in [6, 6.07) is 5.57. The van der Waals surface area contributed by atoms with Crippen molar-refractivity contribution in [3.63, 3.8) is 0 Å². The van der Waals surface area contributed by atoms with Crippen molar-refractivity contribution in [2.24, 2.45) is 11.7 Å². The molecule has 1 aliphatic rings. The number of hydrogen-bond donors (Lipinski definition) is 2. The van der Waals surface area contributed by atoms with Crippen molar-refractivity contribution < 1.29 is 9.53 Å². The number of thiazole rings is 1. The van der Waals surface area contributed by atoms with Gasteiger partial charge in [-0.05, 0) is 29.7 Å². The van der Waals surface area contributed by atoms with Gasteiger partial charge in [0.25, 0.3) is 0 Å². The molecule has 1 amide bonds. The number of anilines is 1. The molecule has 3 rings (SSSR count). The molecule has 6 heteroatoms. The Morgan fingerprint density at radius 3 is 3.13 bits per heavy atom. The number of nitrogens with zero attached hydrogens (tertiary/aromatic N) is 1. The zero-order chi connectivity index (χ0) is 16.4. The molecule has 0 fully saturated rings. The Balaban J connectivity index is 1.72. The van der Waals surface area contributed by atoms with Gasteiger partial charge in [0.1, 0.15) is 5.75 Å². The Morgan fingerprint density at radius 1 is 1.52 bits per heavy atom. The van der Waals surface area contributed by atoms with Crippen molar-refractivity contribution in [3.05, 3.63) is 29.1 Å². The second kappa shape index (κ2) is 6.68. The van der Waals surface area contributed by atoms with Crippen LogP contribution in [-0.2, 0) is 11.2 Å². The van der Waals surface area contributed by atoms with Crippen molar-refractivity contribution in [2.75, 3.05) is 11.9 Å². The number of amides is 1. The number of nitrogens with two attached hydrogens (primary N) is 1. The first-order valence-electron chi connectivity index (χ1n) is 7.86. The SMILES string of the molecule is CCC(C)C(N)C(=O)Nc1nc(-c2ccc3c(c2)CCO3)cs1. The van der Waals surface area contributed by atoms with Crippen LogP contribution in [0.5, 0.6) is 5.75 Å². The van der Waals surface area contributed by atoms with Gasteiger partial charge in [-0.15, -0.1) is 11.3 Å². The number of carbonyl (C=O) groups is 1. The molecule has 3 N–H and O–H groups in total. The summed E-state index contributed by atoms with van der Waals surface area (Å²) in [5.41, 5.74) is 9.06. The topological polar surface area (TPSA) is 77.2 Å². The van der Waals surface area contributed by atoms with E-state index in [9.17, 15) is 4.79 Å². The van der Waals surface area contributed by atoms with Crippen LogP contribution in [0.3, 0.4) is 0 Å². The van der Waals surface area contributed by atoms with Crippen LogP contribution in [0.25, 0.3) is 11.3 Å². The van der Waals surface area contributed by atoms with Gasteiger partial charge >= 0.3 is 0 Å². The van der Waals surface area contributed by atoms with Gasteiger partial charge in [0.05, 0.1) is 18.3 Å². The molecule has 1 aromatic heterocycles. The number of fused-ring (bicyclic) bond motifs is 1. The van der Waals surface area contributed by atoms with Gasteiger partial charge < -0.3 is 15.8 Å². The molecule has 2 unspecified atom stereocenters. The molecule has 0 saturated carbocycles. The average molecular weight is 331 g/mol. The van der Waals surface area contributed by atoms with Gasteiger partial charge in [0, 0.05) is 17.4 Å². The maximum atomic E-state index is 12.1. The van der Waals surface area contributed by atoms with Gasteiger partial charge in [-0.25, -0.2) is 4.98 Å². The highest BCUT2D eigenvalue weighted by molar-refractivity contribution is 7.14. The molecule has 0 spiro atoms. The summed E-state index contributed by atoms with van der Waals surface area (Å²) < 4.78 is 5.52. The molecule has 1 aliphatic heterocycles. The van der Waals surface area contributed by atoms with E-state index < -0.39 is 6.04 Å². The van der Waals surface area contributed by atoms with Gasteiger partial charge in [-0.3, -0.25) is 4.79 Å². The molecule has 2 aromatic rings. The lowest BCUT2D eigenvalue weighted by atomic mass is 10.00. The average Bonchev–Trinajstić information content (AvgIpc) is 3.21. The maximum Gasteiger partial charge on any atom is 0.243 e. The Morgan fingerprint density at radius 2 is 2.35 bits per heavy atom. The first-order chi connectivity index (χ1) is 11.1. The first-order valence-corrected chi connectivity index (χ1v) is 8.74. The van der Waals surface area contributed by atoms with E-state index in [0.717, 1.165) is 36.5 Å². The van der Waals surface area contributed by atoms with Crippen molar-refractivity contribution in [3.8, 4) is 17.0 Å². The van der Waals surface area contributed by atoms with Gasteiger partial charge in [-0.1, -0.05) is 20.3 Å². The van der Waals surface area contributed by atoms with Gasteiger partial charge in [-0.2, -0.15) is 0 Å². The lowest BCUT2D eigenvalue weighted by Crippen LogP contribution is -2.40. The third-order valence-corrected chi connectivity index (χ3v) is 5.04. The van der Waals surface area contributed by atoms with Crippen molar-refractivity contribution in [2.45, 2.75) is 32.7 Å². The summed E-state index contributed by atoms with van der Waals surface area (Å²) in [6.45, 7) is 4.74. The maximum absolute atomic E-state index is 12.1. The highest BCUT2D eigenvalue weighted by atomic mass is 32.1. The highest BCUT2D eigenvalue weighted by Crippen LogP contribution is 2.32. The molecule has 0 aliphatic carbocycles. The molecule has 0 bridgehead atoms. The van der Waals surface area contributed by atoms with E-state index in [0.29, 0.717) is 5.13 Å². The van der Waals surface area contributed by atoms with Crippen LogP contribution >= 0.6 is 11.3 Å². The summed E-state index contributed by atoms with van der Waals surface area (Å²) in [6.07, 6.45) is 1.80. The summed E-state index contributed by atoms with van der Waals surface area (Å²) in [5, 5.41) is 5.35. The van der Waals surface area contributed by atoms with Crippen LogP contribution < -0.4 is 15.8 Å². The molecule has 2 heterocycles. The number of hydrogen-bond acceptors (Lipinski definition) is 5. The van der Waals surface area contributed by atoms with Crippen LogP contribution in [0.2, 0.25) is 0 Å². The summed E-state index contributed by atoms with van der Waals surface area (Å²) in [7, 11) is 0. The number of ether oxygens (including phenoxy) is 1. The minimum atomic E-state index is -0.510. The smallest absolute Gasteiger partial charge is 0.243 e. The Labute approximate surface area is 139 Å². The Hall–Kier alpha value is -1.92. The van der Waals surface area contributed by atoms with Crippen LogP contribution in [0.15, 0.2) is 23.6 Å². The van der Waals surface area contributed by atoms with Crippen LogP contribution in [0.1, 0.15) is 25.8 Å². The molecule has 0 saturated heterocycles. The van der Waals surface area contributed by atoms with E-state index in [1.54, 1.807) is 0 Å². The number of carbonyl (C=O) groups excluding carboxylic acids is 1. The number of nitrogens with one attached hydrogen (secondary N) is 1. The minimum Gasteiger partial charge on any atom is -0.493 e. The molecule has 0 radical (unpaired) electrons.